The van der Waals surface area contributed by atoms with Gasteiger partial charge in [-0.2, -0.15) is 5.10 Å². The van der Waals surface area contributed by atoms with Crippen LogP contribution in [0.2, 0.25) is 0 Å². The van der Waals surface area contributed by atoms with E-state index in [-0.39, 0.29) is 22.9 Å². The first-order valence-corrected chi connectivity index (χ1v) is 12.4. The number of imidazole rings is 1. The molecule has 9 heteroatoms. The van der Waals surface area contributed by atoms with E-state index >= 15 is 0 Å². The van der Waals surface area contributed by atoms with Gasteiger partial charge < -0.3 is 15.7 Å². The number of amides is 1. The van der Waals surface area contributed by atoms with Gasteiger partial charge in [0.1, 0.15) is 11.3 Å². The smallest absolute Gasteiger partial charge is 0.272 e. The maximum absolute atomic E-state index is 13.0. The minimum atomic E-state index is -0.822. The van der Waals surface area contributed by atoms with E-state index in [0.29, 0.717) is 29.2 Å². The maximum atomic E-state index is 13.0. The molecule has 6 rings (SSSR count). The summed E-state index contributed by atoms with van der Waals surface area (Å²) in [4.78, 5) is 29.5. The number of carbonyl (C=O) groups excluding carboxylic acids is 1. The van der Waals surface area contributed by atoms with Gasteiger partial charge in [0.2, 0.25) is 0 Å². The Morgan fingerprint density at radius 2 is 1.94 bits per heavy atom. The van der Waals surface area contributed by atoms with Crippen molar-refractivity contribution in [1.82, 2.24) is 24.9 Å². The van der Waals surface area contributed by atoms with Crippen molar-refractivity contribution in [3.63, 3.8) is 0 Å². The SMILES string of the molecule is CC(C)(O)CNc1ccn2c(C(=O)NC3CC4(C3)CC(c3n[nH]c(=O)c5ccccc35)C4)cnc2c1. The Hall–Kier alpha value is -3.72. The van der Waals surface area contributed by atoms with Crippen LogP contribution in [0.4, 0.5) is 5.69 Å². The summed E-state index contributed by atoms with van der Waals surface area (Å²) < 4.78 is 1.78. The highest BCUT2D eigenvalue weighted by atomic mass is 16.3. The summed E-state index contributed by atoms with van der Waals surface area (Å²) in [5.41, 5.74) is 2.28. The second-order valence-electron chi connectivity index (χ2n) is 11.1. The van der Waals surface area contributed by atoms with E-state index in [0.717, 1.165) is 42.5 Å². The van der Waals surface area contributed by atoms with Crippen LogP contribution in [0.3, 0.4) is 0 Å². The molecular weight excluding hydrogens is 456 g/mol. The number of carbonyl (C=O) groups is 1. The Morgan fingerprint density at radius 1 is 1.19 bits per heavy atom. The lowest BCUT2D eigenvalue weighted by atomic mass is 9.49. The summed E-state index contributed by atoms with van der Waals surface area (Å²) in [6.07, 6.45) is 7.39. The molecule has 2 fully saturated rings. The fourth-order valence-corrected chi connectivity index (χ4v) is 5.88. The average molecular weight is 487 g/mol. The summed E-state index contributed by atoms with van der Waals surface area (Å²) in [6.45, 7) is 3.90. The Morgan fingerprint density at radius 3 is 2.69 bits per heavy atom. The quantitative estimate of drug-likeness (QED) is 0.332. The highest BCUT2D eigenvalue weighted by Crippen LogP contribution is 2.62. The number of benzene rings is 1. The highest BCUT2D eigenvalue weighted by molar-refractivity contribution is 5.93. The zero-order valence-electron chi connectivity index (χ0n) is 20.4. The molecule has 0 atom stereocenters. The topological polar surface area (TPSA) is 124 Å². The predicted molar refractivity (Wildman–Crippen MR) is 137 cm³/mol. The van der Waals surface area contributed by atoms with Gasteiger partial charge in [-0.3, -0.25) is 14.0 Å². The van der Waals surface area contributed by atoms with E-state index in [1.807, 2.05) is 42.6 Å². The minimum Gasteiger partial charge on any atom is -0.389 e. The van der Waals surface area contributed by atoms with E-state index in [1.165, 1.54) is 0 Å². The predicted octanol–water partition coefficient (Wildman–Crippen LogP) is 3.21. The summed E-state index contributed by atoms with van der Waals surface area (Å²) in [5.74, 6) is 0.213. The molecule has 0 bridgehead atoms. The third-order valence-corrected chi connectivity index (χ3v) is 7.64. The molecule has 186 valence electrons. The number of aliphatic hydroxyl groups is 1. The van der Waals surface area contributed by atoms with E-state index in [2.05, 4.69) is 25.8 Å². The van der Waals surface area contributed by atoms with Gasteiger partial charge in [-0.25, -0.2) is 10.1 Å². The molecule has 4 N–H and O–H groups in total. The van der Waals surface area contributed by atoms with Crippen LogP contribution in [-0.4, -0.2) is 48.8 Å². The van der Waals surface area contributed by atoms with Crippen LogP contribution in [-0.2, 0) is 0 Å². The van der Waals surface area contributed by atoms with Crippen molar-refractivity contribution in [3.05, 3.63) is 70.5 Å². The Labute approximate surface area is 208 Å². The van der Waals surface area contributed by atoms with Gasteiger partial charge in [-0.1, -0.05) is 18.2 Å². The third kappa shape index (κ3) is 4.03. The number of nitrogens with one attached hydrogen (secondary N) is 3. The molecule has 2 saturated carbocycles. The molecule has 0 saturated heterocycles. The largest absolute Gasteiger partial charge is 0.389 e. The third-order valence-electron chi connectivity index (χ3n) is 7.64. The number of hydrogen-bond donors (Lipinski definition) is 4. The molecule has 0 unspecified atom stereocenters. The first-order chi connectivity index (χ1) is 17.2. The lowest BCUT2D eigenvalue weighted by molar-refractivity contribution is -0.0197. The van der Waals surface area contributed by atoms with Crippen molar-refractivity contribution in [2.45, 2.75) is 57.1 Å². The van der Waals surface area contributed by atoms with Crippen LogP contribution < -0.4 is 16.2 Å². The number of hydrogen-bond acceptors (Lipinski definition) is 6. The molecule has 0 radical (unpaired) electrons. The molecule has 1 aromatic carbocycles. The van der Waals surface area contributed by atoms with Crippen LogP contribution in [0.1, 0.15) is 61.6 Å². The summed E-state index contributed by atoms with van der Waals surface area (Å²) in [5, 5.41) is 24.9. The Balaban J connectivity index is 1.07. The number of anilines is 1. The molecule has 3 heterocycles. The van der Waals surface area contributed by atoms with Crippen LogP contribution in [0.15, 0.2) is 53.6 Å². The summed E-state index contributed by atoms with van der Waals surface area (Å²) in [6, 6.07) is 11.5. The monoisotopic (exact) mass is 486 g/mol. The molecular formula is C27H30N6O3. The van der Waals surface area contributed by atoms with E-state index < -0.39 is 5.60 Å². The number of nitrogens with zero attached hydrogens (tertiary/aromatic N) is 3. The van der Waals surface area contributed by atoms with Crippen molar-refractivity contribution in [2.24, 2.45) is 5.41 Å². The van der Waals surface area contributed by atoms with Crippen molar-refractivity contribution < 1.29 is 9.90 Å². The Kier molecular flexibility index (Phi) is 5.15. The first kappa shape index (κ1) is 22.7. The van der Waals surface area contributed by atoms with Crippen molar-refractivity contribution in [1.29, 1.82) is 0 Å². The molecule has 3 aromatic heterocycles. The zero-order valence-corrected chi connectivity index (χ0v) is 20.4. The molecule has 9 nitrogen and oxygen atoms in total. The van der Waals surface area contributed by atoms with Crippen LogP contribution in [0.25, 0.3) is 16.4 Å². The average Bonchev–Trinajstić information content (AvgIpc) is 3.22. The van der Waals surface area contributed by atoms with Crippen molar-refractivity contribution in [2.75, 3.05) is 11.9 Å². The zero-order chi connectivity index (χ0) is 25.1. The number of aromatic nitrogens is 4. The van der Waals surface area contributed by atoms with Gasteiger partial charge in [0.15, 0.2) is 0 Å². The van der Waals surface area contributed by atoms with Crippen LogP contribution in [0, 0.1) is 5.41 Å². The van der Waals surface area contributed by atoms with E-state index in [9.17, 15) is 14.7 Å². The van der Waals surface area contributed by atoms with Gasteiger partial charge in [0.05, 0.1) is 22.9 Å². The minimum absolute atomic E-state index is 0.122. The molecule has 0 aliphatic heterocycles. The second-order valence-corrected chi connectivity index (χ2v) is 11.1. The molecule has 2 aliphatic carbocycles. The lowest BCUT2D eigenvalue weighted by Gasteiger charge is -2.57. The fourth-order valence-electron chi connectivity index (χ4n) is 5.88. The van der Waals surface area contributed by atoms with Gasteiger partial charge in [-0.15, -0.1) is 0 Å². The number of fused-ring (bicyclic) bond motifs is 2. The maximum Gasteiger partial charge on any atom is 0.272 e. The van der Waals surface area contributed by atoms with Crippen LogP contribution >= 0.6 is 0 Å². The van der Waals surface area contributed by atoms with Crippen molar-refractivity contribution in [3.8, 4) is 0 Å². The normalized spacial score (nSPS) is 23.4. The lowest BCUT2D eigenvalue weighted by Crippen LogP contribution is -2.55. The Bertz CT molecular complexity index is 1520. The molecule has 36 heavy (non-hydrogen) atoms. The van der Waals surface area contributed by atoms with Gasteiger partial charge in [-0.05, 0) is 57.1 Å². The fraction of sp³-hybridized carbons (Fsp3) is 0.407. The first-order valence-electron chi connectivity index (χ1n) is 12.4. The van der Waals surface area contributed by atoms with Gasteiger partial charge in [0, 0.05) is 41.8 Å². The van der Waals surface area contributed by atoms with E-state index in [1.54, 1.807) is 24.4 Å². The van der Waals surface area contributed by atoms with Gasteiger partial charge in [0.25, 0.3) is 11.5 Å². The molecule has 4 aromatic rings. The number of pyridine rings is 1. The summed E-state index contributed by atoms with van der Waals surface area (Å²) >= 11 is 0. The molecule has 1 amide bonds. The number of rotatable bonds is 6. The summed E-state index contributed by atoms with van der Waals surface area (Å²) in [7, 11) is 0. The number of H-pyrrole nitrogens is 1. The number of aromatic amines is 1. The van der Waals surface area contributed by atoms with Crippen LogP contribution in [0.5, 0.6) is 0 Å². The second kappa shape index (κ2) is 8.16. The molecule has 2 aliphatic rings. The highest BCUT2D eigenvalue weighted by Gasteiger charge is 2.54. The molecule has 1 spiro atoms. The van der Waals surface area contributed by atoms with Gasteiger partial charge >= 0.3 is 0 Å². The standard InChI is InChI=1S/C27H30N6O3/c1-26(2,36)15-29-17-7-8-33-21(14-28-22(33)9-17)25(35)30-18-12-27(13-18)10-16(11-27)23-19-5-3-4-6-20(19)24(34)32-31-23/h3-9,14,16,18,29,36H,10-13,15H2,1-2H3,(H,30,35)(H,32,34). The van der Waals surface area contributed by atoms with Crippen molar-refractivity contribution >= 4 is 28.0 Å². The van der Waals surface area contributed by atoms with E-state index in [4.69, 9.17) is 0 Å².